The topological polar surface area (TPSA) is 9.23 Å². The van der Waals surface area contributed by atoms with Gasteiger partial charge in [-0.3, -0.25) is 0 Å². The summed E-state index contributed by atoms with van der Waals surface area (Å²) < 4.78 is 102. The van der Waals surface area contributed by atoms with Crippen LogP contribution in [0.2, 0.25) is 0 Å². The van der Waals surface area contributed by atoms with Crippen molar-refractivity contribution in [1.29, 1.82) is 0 Å². The lowest BCUT2D eigenvalue weighted by molar-refractivity contribution is 0.487. The Balaban J connectivity index is 1.64. The van der Waals surface area contributed by atoms with Gasteiger partial charge in [0.2, 0.25) is 0 Å². The number of hydrogen-bond donors (Lipinski definition) is 0. The van der Waals surface area contributed by atoms with E-state index in [0.717, 1.165) is 16.3 Å². The molecule has 1 heteroatoms. The highest BCUT2D eigenvalue weighted by Crippen LogP contribution is 2.48. The summed E-state index contributed by atoms with van der Waals surface area (Å²) in [4.78, 5) is 0. The Morgan fingerprint density at radius 2 is 1.34 bits per heavy atom. The van der Waals surface area contributed by atoms with E-state index < -0.39 is 66.5 Å². The molecular formula is C34H20O. The zero-order valence-electron chi connectivity index (χ0n) is 29.1. The maximum Gasteiger partial charge on any atom is 0.135 e. The molecule has 0 atom stereocenters. The Bertz CT molecular complexity index is 2570. The Labute approximate surface area is 218 Å². The van der Waals surface area contributed by atoms with E-state index in [0.29, 0.717) is 22.6 Å². The molecule has 0 saturated carbocycles. The van der Waals surface area contributed by atoms with Gasteiger partial charge >= 0.3 is 0 Å². The molecule has 1 aliphatic rings. The molecule has 8 rings (SSSR count). The molecule has 0 saturated heterocycles. The number of benzene rings is 7. The van der Waals surface area contributed by atoms with E-state index >= 15 is 0 Å². The Hall–Kier alpha value is -4.62. The molecule has 0 aromatic heterocycles. The van der Waals surface area contributed by atoms with Gasteiger partial charge in [-0.1, -0.05) is 96.8 Å². The van der Waals surface area contributed by atoms with Crippen LogP contribution >= 0.6 is 0 Å². The van der Waals surface area contributed by atoms with Crippen molar-refractivity contribution in [1.82, 2.24) is 0 Å². The molecule has 7 aromatic rings. The summed E-state index contributed by atoms with van der Waals surface area (Å²) in [6.45, 7) is 0. The molecule has 0 aliphatic carbocycles. The van der Waals surface area contributed by atoms with Crippen LogP contribution in [0.4, 0.5) is 0 Å². The smallest absolute Gasteiger partial charge is 0.135 e. The zero-order chi connectivity index (χ0) is 32.5. The molecule has 0 fully saturated rings. The number of rotatable bonds is 1. The third-order valence-corrected chi connectivity index (χ3v) is 6.58. The highest BCUT2D eigenvalue weighted by atomic mass is 16.5. The van der Waals surface area contributed by atoms with Crippen molar-refractivity contribution in [2.75, 3.05) is 0 Å². The molecular weight excluding hydrogens is 424 g/mol. The summed E-state index contributed by atoms with van der Waals surface area (Å²) >= 11 is 0. The van der Waals surface area contributed by atoms with Crippen molar-refractivity contribution in [2.24, 2.45) is 0 Å². The monoisotopic (exact) mass is 455 g/mol. The van der Waals surface area contributed by atoms with Crippen LogP contribution in [0.1, 0.15) is 15.1 Å². The number of hydrogen-bond acceptors (Lipinski definition) is 1. The van der Waals surface area contributed by atoms with Crippen molar-refractivity contribution in [3.63, 3.8) is 0 Å². The zero-order valence-corrected chi connectivity index (χ0v) is 18.1. The standard InChI is InChI=1S/C34H20O/c1-3-11-25-21(7-1)15-17-28-29(25)19-23-8-2-4-12-26(23)33(28)24-16-18-31-30(20-24)27-13-5-9-22-10-6-14-32(35-31)34(22)27/h1-20H/i1D,2D,3D,4D,7D,8D,11D,12D,15D,17D,19D. The van der Waals surface area contributed by atoms with Gasteiger partial charge in [0.15, 0.2) is 0 Å². The molecule has 1 heterocycles. The highest BCUT2D eigenvalue weighted by Gasteiger charge is 2.21. The van der Waals surface area contributed by atoms with Crippen LogP contribution in [0.15, 0.2) is 121 Å². The van der Waals surface area contributed by atoms with E-state index in [-0.39, 0.29) is 37.9 Å². The van der Waals surface area contributed by atoms with Gasteiger partial charge in [0.1, 0.15) is 11.5 Å². The SMILES string of the molecule is [2H]c1c([2H])c([2H])c2c([2H])c3c(c([2H])c([2H])c4c([2H])c([2H])c([2H])c([2H])c43)c(-c3ccc4c(c3)-c3cccc5cccc(c35)O4)c2c1[2H]. The molecule has 0 spiro atoms. The first-order valence-electron chi connectivity index (χ1n) is 16.6. The molecule has 1 nitrogen and oxygen atoms in total. The van der Waals surface area contributed by atoms with Gasteiger partial charge in [-0.25, -0.2) is 0 Å². The van der Waals surface area contributed by atoms with Crippen LogP contribution in [-0.4, -0.2) is 0 Å². The molecule has 0 radical (unpaired) electrons. The summed E-state index contributed by atoms with van der Waals surface area (Å²) in [5.74, 6) is 1.24. The van der Waals surface area contributed by atoms with Crippen LogP contribution in [0.5, 0.6) is 11.5 Å². The molecule has 1 aliphatic heterocycles. The van der Waals surface area contributed by atoms with Crippen LogP contribution in [-0.2, 0) is 0 Å². The lowest BCUT2D eigenvalue weighted by Crippen LogP contribution is -1.97. The Morgan fingerprint density at radius 3 is 2.26 bits per heavy atom. The number of fused-ring (bicyclic) bond motifs is 6. The lowest BCUT2D eigenvalue weighted by atomic mass is 9.87. The van der Waals surface area contributed by atoms with Gasteiger partial charge in [0.05, 0.1) is 15.1 Å². The first-order valence-corrected chi connectivity index (χ1v) is 11.1. The maximum absolute atomic E-state index is 9.28. The minimum absolute atomic E-state index is 0.0136. The van der Waals surface area contributed by atoms with E-state index in [1.807, 2.05) is 36.4 Å². The van der Waals surface area contributed by atoms with E-state index in [1.54, 1.807) is 18.2 Å². The third kappa shape index (κ3) is 2.64. The molecule has 162 valence electrons. The van der Waals surface area contributed by atoms with E-state index in [2.05, 4.69) is 0 Å². The van der Waals surface area contributed by atoms with Crippen molar-refractivity contribution in [3.8, 4) is 33.8 Å². The van der Waals surface area contributed by atoms with Crippen LogP contribution in [0.3, 0.4) is 0 Å². The van der Waals surface area contributed by atoms with Gasteiger partial charge in [0, 0.05) is 10.9 Å². The maximum atomic E-state index is 9.28. The molecule has 35 heavy (non-hydrogen) atoms. The van der Waals surface area contributed by atoms with Crippen LogP contribution in [0, 0.1) is 0 Å². The quantitative estimate of drug-likeness (QED) is 0.177. The Morgan fingerprint density at radius 1 is 0.543 bits per heavy atom. The summed E-state index contributed by atoms with van der Waals surface area (Å²) in [5, 5.41) is 1.20. The molecule has 0 N–H and O–H groups in total. The van der Waals surface area contributed by atoms with Gasteiger partial charge in [-0.15, -0.1) is 0 Å². The second-order valence-electron chi connectivity index (χ2n) is 8.47. The normalized spacial score (nSPS) is 16.6. The fourth-order valence-corrected chi connectivity index (χ4v) is 5.07. The lowest BCUT2D eigenvalue weighted by Gasteiger charge is -2.22. The average molecular weight is 456 g/mol. The number of ether oxygens (including phenoxy) is 1. The predicted octanol–water partition coefficient (Wildman–Crippen LogP) is 9.74. The van der Waals surface area contributed by atoms with Crippen LogP contribution < -0.4 is 4.74 Å². The fraction of sp³-hybridized carbons (Fsp3) is 0. The minimum atomic E-state index is -0.580. The van der Waals surface area contributed by atoms with Crippen molar-refractivity contribution in [3.05, 3.63) is 121 Å². The van der Waals surface area contributed by atoms with Gasteiger partial charge in [-0.2, -0.15) is 0 Å². The summed E-state index contributed by atoms with van der Waals surface area (Å²) in [7, 11) is 0. The van der Waals surface area contributed by atoms with Crippen LogP contribution in [0.25, 0.3) is 65.3 Å². The first kappa shape index (κ1) is 11.2. The largest absolute Gasteiger partial charge is 0.456 e. The fourth-order valence-electron chi connectivity index (χ4n) is 5.07. The second kappa shape index (κ2) is 6.94. The highest BCUT2D eigenvalue weighted by molar-refractivity contribution is 6.20. The second-order valence-corrected chi connectivity index (χ2v) is 8.47. The molecule has 0 amide bonds. The molecule has 0 bridgehead atoms. The van der Waals surface area contributed by atoms with Crippen molar-refractivity contribution < 1.29 is 19.8 Å². The summed E-state index contributed by atoms with van der Waals surface area (Å²) in [5.41, 5.74) is 2.15. The minimum Gasteiger partial charge on any atom is -0.456 e. The summed E-state index contributed by atoms with van der Waals surface area (Å²) in [6, 6.07) is 11.3. The van der Waals surface area contributed by atoms with Crippen molar-refractivity contribution in [2.45, 2.75) is 0 Å². The Kier molecular flexibility index (Phi) is 2.22. The first-order chi connectivity index (χ1) is 21.9. The van der Waals surface area contributed by atoms with Gasteiger partial charge in [-0.05, 0) is 78.6 Å². The average Bonchev–Trinajstić information content (AvgIpc) is 3.05. The van der Waals surface area contributed by atoms with E-state index in [1.165, 1.54) is 0 Å². The predicted molar refractivity (Wildman–Crippen MR) is 147 cm³/mol. The van der Waals surface area contributed by atoms with Gasteiger partial charge < -0.3 is 4.74 Å². The van der Waals surface area contributed by atoms with Gasteiger partial charge in [0.25, 0.3) is 0 Å². The molecule has 0 unspecified atom stereocenters. The van der Waals surface area contributed by atoms with E-state index in [9.17, 15) is 2.74 Å². The molecule has 7 aromatic carbocycles. The third-order valence-electron chi connectivity index (χ3n) is 6.58. The summed E-state index contributed by atoms with van der Waals surface area (Å²) in [6.07, 6.45) is 0. The van der Waals surface area contributed by atoms with E-state index in [4.69, 9.17) is 17.1 Å². The van der Waals surface area contributed by atoms with Crippen molar-refractivity contribution >= 4 is 43.1 Å².